The van der Waals surface area contributed by atoms with Gasteiger partial charge in [0.1, 0.15) is 12.1 Å². The number of aliphatic hydroxyl groups excluding tert-OH is 1. The summed E-state index contributed by atoms with van der Waals surface area (Å²) < 4.78 is 0. The Hall–Kier alpha value is -3.44. The second-order valence-electron chi connectivity index (χ2n) is 8.18. The summed E-state index contributed by atoms with van der Waals surface area (Å²) in [4.78, 5) is 52.3. The monoisotopic (exact) mass is 461 g/mol. The maximum absolute atomic E-state index is 13.0. The smallest absolute Gasteiger partial charge is 0.328 e. The zero-order valence-electron chi connectivity index (χ0n) is 18.8. The Bertz CT molecular complexity index is 1000. The molecule has 8 N–H and O–H groups in total. The first-order chi connectivity index (χ1) is 15.5. The van der Waals surface area contributed by atoms with Gasteiger partial charge in [-0.3, -0.25) is 14.4 Å². The third-order valence-corrected chi connectivity index (χ3v) is 5.23. The minimum absolute atomic E-state index is 0.0450. The first-order valence-corrected chi connectivity index (χ1v) is 10.6. The lowest BCUT2D eigenvalue weighted by molar-refractivity contribution is -0.145. The fourth-order valence-corrected chi connectivity index (χ4v) is 3.40. The summed E-state index contributed by atoms with van der Waals surface area (Å²) in [6.45, 7) is 4.39. The topological polar surface area (TPSA) is 187 Å². The lowest BCUT2D eigenvalue weighted by Crippen LogP contribution is -2.59. The Balaban J connectivity index is 2.32. The molecule has 4 atom stereocenters. The van der Waals surface area contributed by atoms with Crippen LogP contribution in [-0.2, 0) is 25.6 Å². The molecule has 2 rings (SSSR count). The number of amides is 3. The molecule has 4 unspecified atom stereocenters. The van der Waals surface area contributed by atoms with E-state index in [1.165, 1.54) is 6.92 Å². The molecular formula is C22H31N5O6. The van der Waals surface area contributed by atoms with Gasteiger partial charge >= 0.3 is 5.97 Å². The van der Waals surface area contributed by atoms with Crippen LogP contribution in [0.2, 0.25) is 0 Å². The summed E-state index contributed by atoms with van der Waals surface area (Å²) in [6.07, 6.45) is 0.392. The number of rotatable bonds is 11. The lowest BCUT2D eigenvalue weighted by atomic mass is 10.00. The predicted molar refractivity (Wildman–Crippen MR) is 121 cm³/mol. The molecule has 0 spiro atoms. The second kappa shape index (κ2) is 11.4. The van der Waals surface area contributed by atoms with Crippen molar-refractivity contribution in [3.05, 3.63) is 36.0 Å². The van der Waals surface area contributed by atoms with Gasteiger partial charge in [0.05, 0.1) is 12.6 Å². The molecule has 0 fully saturated rings. The molecule has 1 aromatic carbocycles. The first-order valence-electron chi connectivity index (χ1n) is 10.6. The fourth-order valence-electron chi connectivity index (χ4n) is 3.40. The van der Waals surface area contributed by atoms with Crippen LogP contribution in [0.5, 0.6) is 0 Å². The highest BCUT2D eigenvalue weighted by atomic mass is 16.4. The third kappa shape index (κ3) is 6.77. The van der Waals surface area contributed by atoms with Crippen LogP contribution >= 0.6 is 0 Å². The molecule has 0 bridgehead atoms. The standard InChI is InChI=1S/C22H31N5O6/c1-11(2)18(26-17(29)9-23)21(31)25-16(20(30)27-19(12(3)28)22(32)33)8-13-10-24-15-7-5-4-6-14(13)15/h4-7,10-12,16,18-19,24,28H,8-9,23H2,1-3H3,(H,25,31)(H,26,29)(H,27,30)(H,32,33). The Morgan fingerprint density at radius 2 is 1.67 bits per heavy atom. The van der Waals surface area contributed by atoms with Gasteiger partial charge in [-0.1, -0.05) is 32.0 Å². The molecule has 0 radical (unpaired) electrons. The number of carbonyl (C=O) groups excluding carboxylic acids is 3. The summed E-state index contributed by atoms with van der Waals surface area (Å²) in [5, 5.41) is 27.3. The molecule has 0 aliphatic carbocycles. The van der Waals surface area contributed by atoms with Crippen LogP contribution in [0.3, 0.4) is 0 Å². The molecule has 0 aliphatic rings. The number of aromatic amines is 1. The molecule has 0 saturated carbocycles. The Morgan fingerprint density at radius 3 is 2.24 bits per heavy atom. The van der Waals surface area contributed by atoms with E-state index in [1.54, 1.807) is 20.0 Å². The van der Waals surface area contributed by atoms with Gasteiger partial charge in [-0.15, -0.1) is 0 Å². The number of fused-ring (bicyclic) bond motifs is 1. The van der Waals surface area contributed by atoms with E-state index in [0.717, 1.165) is 16.5 Å². The van der Waals surface area contributed by atoms with Gasteiger partial charge in [0.2, 0.25) is 17.7 Å². The van der Waals surface area contributed by atoms with Crippen molar-refractivity contribution in [2.75, 3.05) is 6.54 Å². The van der Waals surface area contributed by atoms with E-state index in [1.807, 2.05) is 24.3 Å². The van der Waals surface area contributed by atoms with Crippen LogP contribution in [0.15, 0.2) is 30.5 Å². The SMILES string of the molecule is CC(C)C(NC(=O)CN)C(=O)NC(Cc1c[nH]c2ccccc12)C(=O)NC(C(=O)O)C(C)O. The van der Waals surface area contributed by atoms with Crippen LogP contribution in [-0.4, -0.2) is 69.7 Å². The number of hydrogen-bond donors (Lipinski definition) is 7. The van der Waals surface area contributed by atoms with Crippen LogP contribution in [0.4, 0.5) is 0 Å². The van der Waals surface area contributed by atoms with E-state index in [-0.39, 0.29) is 18.9 Å². The molecule has 0 aliphatic heterocycles. The zero-order valence-corrected chi connectivity index (χ0v) is 18.8. The van der Waals surface area contributed by atoms with Crippen molar-refractivity contribution in [3.63, 3.8) is 0 Å². The highest BCUT2D eigenvalue weighted by Gasteiger charge is 2.32. The average Bonchev–Trinajstić information content (AvgIpc) is 3.16. The van der Waals surface area contributed by atoms with Crippen molar-refractivity contribution in [2.24, 2.45) is 11.7 Å². The van der Waals surface area contributed by atoms with Crippen molar-refractivity contribution in [3.8, 4) is 0 Å². The molecule has 33 heavy (non-hydrogen) atoms. The van der Waals surface area contributed by atoms with Gasteiger partial charge in [0, 0.05) is 23.5 Å². The molecule has 2 aromatic rings. The first kappa shape index (κ1) is 25.8. The van der Waals surface area contributed by atoms with Gasteiger partial charge in [0.25, 0.3) is 0 Å². The lowest BCUT2D eigenvalue weighted by Gasteiger charge is -2.26. The highest BCUT2D eigenvalue weighted by molar-refractivity contribution is 5.94. The van der Waals surface area contributed by atoms with E-state index >= 15 is 0 Å². The van der Waals surface area contributed by atoms with Crippen LogP contribution < -0.4 is 21.7 Å². The number of aliphatic carboxylic acids is 1. The third-order valence-electron chi connectivity index (χ3n) is 5.23. The summed E-state index contributed by atoms with van der Waals surface area (Å²) in [6, 6.07) is 3.71. The molecule has 1 aromatic heterocycles. The maximum atomic E-state index is 13.0. The van der Waals surface area contributed by atoms with Gasteiger partial charge in [-0.25, -0.2) is 4.79 Å². The largest absolute Gasteiger partial charge is 0.480 e. The quantitative estimate of drug-likeness (QED) is 0.229. The van der Waals surface area contributed by atoms with Crippen molar-refractivity contribution >= 4 is 34.6 Å². The number of benzene rings is 1. The maximum Gasteiger partial charge on any atom is 0.328 e. The van der Waals surface area contributed by atoms with Gasteiger partial charge in [-0.05, 0) is 24.5 Å². The minimum atomic E-state index is -1.56. The molecular weight excluding hydrogens is 430 g/mol. The summed E-state index contributed by atoms with van der Waals surface area (Å²) in [5.41, 5.74) is 6.89. The van der Waals surface area contributed by atoms with Crippen LogP contribution in [0.25, 0.3) is 10.9 Å². The molecule has 11 heteroatoms. The molecule has 3 amide bonds. The summed E-state index contributed by atoms with van der Waals surface area (Å²) in [7, 11) is 0. The predicted octanol–water partition coefficient (Wildman–Crippen LogP) is -0.755. The number of para-hydroxylation sites is 1. The van der Waals surface area contributed by atoms with Crippen LogP contribution in [0, 0.1) is 5.92 Å². The number of hydrogen-bond acceptors (Lipinski definition) is 6. The minimum Gasteiger partial charge on any atom is -0.480 e. The van der Waals surface area contributed by atoms with E-state index in [9.17, 15) is 29.4 Å². The number of carbonyl (C=O) groups is 4. The van der Waals surface area contributed by atoms with Crippen molar-refractivity contribution in [1.29, 1.82) is 0 Å². The number of aliphatic hydroxyl groups is 1. The average molecular weight is 462 g/mol. The van der Waals surface area contributed by atoms with Crippen molar-refractivity contribution < 1.29 is 29.4 Å². The molecule has 0 saturated heterocycles. The Labute approximate surface area is 191 Å². The zero-order chi connectivity index (χ0) is 24.7. The number of nitrogens with one attached hydrogen (secondary N) is 4. The van der Waals surface area contributed by atoms with E-state index in [4.69, 9.17) is 5.73 Å². The van der Waals surface area contributed by atoms with E-state index in [0.29, 0.717) is 0 Å². The summed E-state index contributed by atoms with van der Waals surface area (Å²) >= 11 is 0. The van der Waals surface area contributed by atoms with Crippen molar-refractivity contribution in [2.45, 2.75) is 51.4 Å². The Kier molecular flexibility index (Phi) is 8.94. The molecule has 1 heterocycles. The highest BCUT2D eigenvalue weighted by Crippen LogP contribution is 2.19. The van der Waals surface area contributed by atoms with Gasteiger partial charge in [0.15, 0.2) is 6.04 Å². The van der Waals surface area contributed by atoms with E-state index < -0.39 is 47.9 Å². The van der Waals surface area contributed by atoms with Gasteiger partial charge < -0.3 is 36.9 Å². The van der Waals surface area contributed by atoms with Gasteiger partial charge in [-0.2, -0.15) is 0 Å². The second-order valence-corrected chi connectivity index (χ2v) is 8.18. The fraction of sp³-hybridized carbons (Fsp3) is 0.455. The number of carboxylic acids is 1. The number of H-pyrrole nitrogens is 1. The molecule has 180 valence electrons. The Morgan fingerprint density at radius 1 is 1.00 bits per heavy atom. The molecule has 11 nitrogen and oxygen atoms in total. The van der Waals surface area contributed by atoms with Crippen molar-refractivity contribution in [1.82, 2.24) is 20.9 Å². The number of nitrogens with two attached hydrogens (primary N) is 1. The number of aromatic nitrogens is 1. The normalized spacial score (nSPS) is 14.8. The number of carboxylic acid groups (broad SMARTS) is 1. The summed E-state index contributed by atoms with van der Waals surface area (Å²) in [5.74, 6) is -3.64. The van der Waals surface area contributed by atoms with Crippen LogP contribution in [0.1, 0.15) is 26.3 Å². The van der Waals surface area contributed by atoms with E-state index in [2.05, 4.69) is 20.9 Å².